The van der Waals surface area contributed by atoms with Gasteiger partial charge in [0, 0.05) is 12.2 Å². The molecule has 1 amide bonds. The Balaban J connectivity index is 2.36. The summed E-state index contributed by atoms with van der Waals surface area (Å²) in [6.45, 7) is 4.11. The molecule has 16 heavy (non-hydrogen) atoms. The van der Waals surface area contributed by atoms with Gasteiger partial charge in [-0.15, -0.1) is 11.3 Å². The lowest BCUT2D eigenvalue weighted by molar-refractivity contribution is 0.0451. The number of carbonyl (C=O) groups excluding carboxylic acids is 1. The van der Waals surface area contributed by atoms with Crippen LogP contribution in [0.5, 0.6) is 0 Å². The number of ether oxygens (including phenoxy) is 2. The van der Waals surface area contributed by atoms with Gasteiger partial charge in [-0.2, -0.15) is 0 Å². The molecule has 1 heterocycles. The van der Waals surface area contributed by atoms with Gasteiger partial charge in [0.2, 0.25) is 0 Å². The number of hydrogen-bond donors (Lipinski definition) is 2. The first kappa shape index (κ1) is 13.1. The molecule has 0 unspecified atom stereocenters. The zero-order valence-corrected chi connectivity index (χ0v) is 10.0. The molecule has 0 saturated carbocycles. The Morgan fingerprint density at radius 2 is 2.25 bits per heavy atom. The molecular weight excluding hydrogens is 228 g/mol. The molecule has 1 aromatic rings. The van der Waals surface area contributed by atoms with Crippen molar-refractivity contribution in [2.75, 3.05) is 19.8 Å². The van der Waals surface area contributed by atoms with Crippen molar-refractivity contribution in [2.24, 2.45) is 5.84 Å². The topological polar surface area (TPSA) is 73.6 Å². The molecule has 0 saturated heterocycles. The van der Waals surface area contributed by atoms with E-state index in [4.69, 9.17) is 15.3 Å². The third kappa shape index (κ3) is 3.90. The summed E-state index contributed by atoms with van der Waals surface area (Å²) in [5, 5.41) is 1.84. The van der Waals surface area contributed by atoms with E-state index in [-0.39, 0.29) is 5.91 Å². The van der Waals surface area contributed by atoms with E-state index >= 15 is 0 Å². The van der Waals surface area contributed by atoms with Crippen LogP contribution >= 0.6 is 11.3 Å². The molecule has 0 atom stereocenters. The number of nitrogens with one attached hydrogen (secondary N) is 1. The van der Waals surface area contributed by atoms with E-state index in [9.17, 15) is 4.79 Å². The Morgan fingerprint density at radius 3 is 2.94 bits per heavy atom. The number of thiophene rings is 1. The third-order valence-corrected chi connectivity index (χ3v) is 2.87. The van der Waals surface area contributed by atoms with Crippen molar-refractivity contribution in [2.45, 2.75) is 13.5 Å². The summed E-state index contributed by atoms with van der Waals surface area (Å²) in [6.07, 6.45) is 0. The summed E-state index contributed by atoms with van der Waals surface area (Å²) < 4.78 is 10.5. The van der Waals surface area contributed by atoms with Crippen LogP contribution in [-0.2, 0) is 16.1 Å². The number of carbonyl (C=O) groups is 1. The summed E-state index contributed by atoms with van der Waals surface area (Å²) >= 11 is 1.35. The number of amides is 1. The van der Waals surface area contributed by atoms with Crippen LogP contribution in [0, 0.1) is 0 Å². The Labute approximate surface area is 98.5 Å². The highest BCUT2D eigenvalue weighted by molar-refractivity contribution is 7.12. The van der Waals surface area contributed by atoms with Crippen LogP contribution in [0.15, 0.2) is 11.4 Å². The highest BCUT2D eigenvalue weighted by Gasteiger charge is 2.11. The van der Waals surface area contributed by atoms with Gasteiger partial charge in [-0.3, -0.25) is 10.2 Å². The molecule has 0 aliphatic heterocycles. The normalized spacial score (nSPS) is 10.4. The zero-order chi connectivity index (χ0) is 11.8. The van der Waals surface area contributed by atoms with Crippen LogP contribution in [0.4, 0.5) is 0 Å². The minimum atomic E-state index is -0.279. The summed E-state index contributed by atoms with van der Waals surface area (Å²) in [5.41, 5.74) is 2.96. The van der Waals surface area contributed by atoms with Crippen LogP contribution in [0.1, 0.15) is 22.2 Å². The van der Waals surface area contributed by atoms with Crippen molar-refractivity contribution in [1.29, 1.82) is 0 Å². The quantitative estimate of drug-likeness (QED) is 0.323. The third-order valence-electron chi connectivity index (χ3n) is 1.92. The number of rotatable bonds is 7. The summed E-state index contributed by atoms with van der Waals surface area (Å²) in [5.74, 6) is 4.79. The average molecular weight is 244 g/mol. The number of nitrogen functional groups attached to an aromatic ring is 1. The molecule has 1 aromatic heterocycles. The molecule has 0 aliphatic carbocycles. The Bertz CT molecular complexity index is 328. The molecule has 0 radical (unpaired) electrons. The maximum absolute atomic E-state index is 11.3. The van der Waals surface area contributed by atoms with E-state index in [1.807, 2.05) is 18.4 Å². The van der Waals surface area contributed by atoms with Crippen molar-refractivity contribution >= 4 is 17.2 Å². The second kappa shape index (κ2) is 7.34. The maximum Gasteiger partial charge on any atom is 0.275 e. The number of nitrogens with two attached hydrogens (primary N) is 1. The average Bonchev–Trinajstić information content (AvgIpc) is 2.76. The number of hydrogen-bond acceptors (Lipinski definition) is 5. The first-order valence-electron chi connectivity index (χ1n) is 5.02. The highest BCUT2D eigenvalue weighted by atomic mass is 32.1. The Morgan fingerprint density at radius 1 is 1.50 bits per heavy atom. The van der Waals surface area contributed by atoms with Gasteiger partial charge in [-0.05, 0) is 18.4 Å². The van der Waals surface area contributed by atoms with Gasteiger partial charge < -0.3 is 9.47 Å². The first-order valence-corrected chi connectivity index (χ1v) is 5.90. The number of hydrazine groups is 1. The smallest absolute Gasteiger partial charge is 0.275 e. The zero-order valence-electron chi connectivity index (χ0n) is 9.19. The minimum absolute atomic E-state index is 0.279. The van der Waals surface area contributed by atoms with Crippen LogP contribution in [0.2, 0.25) is 0 Å². The molecular formula is C10H16N2O3S. The minimum Gasteiger partial charge on any atom is -0.379 e. The van der Waals surface area contributed by atoms with Crippen LogP contribution in [0.25, 0.3) is 0 Å². The van der Waals surface area contributed by atoms with Crippen LogP contribution in [0.3, 0.4) is 0 Å². The second-order valence-corrected chi connectivity index (χ2v) is 3.91. The van der Waals surface area contributed by atoms with Gasteiger partial charge in [-0.25, -0.2) is 5.84 Å². The predicted octanol–water partition coefficient (Wildman–Crippen LogP) is 0.905. The molecule has 0 spiro atoms. The second-order valence-electron chi connectivity index (χ2n) is 3.00. The van der Waals surface area contributed by atoms with Gasteiger partial charge in [0.15, 0.2) is 0 Å². The van der Waals surface area contributed by atoms with E-state index in [2.05, 4.69) is 5.43 Å². The molecule has 90 valence electrons. The van der Waals surface area contributed by atoms with Crippen molar-refractivity contribution in [3.63, 3.8) is 0 Å². The van der Waals surface area contributed by atoms with E-state index in [0.29, 0.717) is 31.3 Å². The van der Waals surface area contributed by atoms with E-state index in [0.717, 1.165) is 5.56 Å². The lowest BCUT2D eigenvalue weighted by atomic mass is 10.2. The van der Waals surface area contributed by atoms with E-state index in [1.165, 1.54) is 11.3 Å². The fourth-order valence-corrected chi connectivity index (χ4v) is 1.97. The van der Waals surface area contributed by atoms with Gasteiger partial charge in [-0.1, -0.05) is 0 Å². The molecule has 1 rings (SSSR count). The lowest BCUT2D eigenvalue weighted by Crippen LogP contribution is -2.30. The molecule has 0 bridgehead atoms. The molecule has 0 fully saturated rings. The monoisotopic (exact) mass is 244 g/mol. The fraction of sp³-hybridized carbons (Fsp3) is 0.500. The molecule has 0 aliphatic rings. The molecule has 0 aromatic carbocycles. The van der Waals surface area contributed by atoms with Crippen molar-refractivity contribution in [3.8, 4) is 0 Å². The highest BCUT2D eigenvalue weighted by Crippen LogP contribution is 2.17. The Kier molecular flexibility index (Phi) is 6.02. The van der Waals surface area contributed by atoms with Gasteiger partial charge in [0.25, 0.3) is 5.91 Å². The SMILES string of the molecule is CCOCCOCc1ccsc1C(=O)NN. The molecule has 6 heteroatoms. The van der Waals surface area contributed by atoms with Gasteiger partial charge in [0.05, 0.1) is 24.7 Å². The molecule has 3 N–H and O–H groups in total. The van der Waals surface area contributed by atoms with E-state index in [1.54, 1.807) is 0 Å². The van der Waals surface area contributed by atoms with Crippen molar-refractivity contribution < 1.29 is 14.3 Å². The fourth-order valence-electron chi connectivity index (χ4n) is 1.16. The summed E-state index contributed by atoms with van der Waals surface area (Å²) in [4.78, 5) is 11.9. The first-order chi connectivity index (χ1) is 7.79. The largest absolute Gasteiger partial charge is 0.379 e. The van der Waals surface area contributed by atoms with Gasteiger partial charge in [0.1, 0.15) is 0 Å². The lowest BCUT2D eigenvalue weighted by Gasteiger charge is -2.05. The summed E-state index contributed by atoms with van der Waals surface area (Å²) in [6, 6.07) is 1.86. The van der Waals surface area contributed by atoms with Crippen LogP contribution < -0.4 is 11.3 Å². The molecule has 5 nitrogen and oxygen atoms in total. The van der Waals surface area contributed by atoms with Gasteiger partial charge >= 0.3 is 0 Å². The maximum atomic E-state index is 11.3. The predicted molar refractivity (Wildman–Crippen MR) is 62.1 cm³/mol. The van der Waals surface area contributed by atoms with Crippen LogP contribution in [-0.4, -0.2) is 25.7 Å². The van der Waals surface area contributed by atoms with Crippen molar-refractivity contribution in [3.05, 3.63) is 21.9 Å². The van der Waals surface area contributed by atoms with Crippen molar-refractivity contribution in [1.82, 2.24) is 5.43 Å². The summed E-state index contributed by atoms with van der Waals surface area (Å²) in [7, 11) is 0. The Hall–Kier alpha value is -0.950. The van der Waals surface area contributed by atoms with E-state index < -0.39 is 0 Å². The standard InChI is InChI=1S/C10H16N2O3S/c1-2-14-4-5-15-7-8-3-6-16-9(8)10(13)12-11/h3,6H,2,4-5,7,11H2,1H3,(H,12,13).